The van der Waals surface area contributed by atoms with E-state index in [2.05, 4.69) is 17.0 Å². The number of aryl methyl sites for hydroxylation is 1. The van der Waals surface area contributed by atoms with Crippen LogP contribution in [0.4, 0.5) is 0 Å². The average molecular weight is 176 g/mol. The van der Waals surface area contributed by atoms with Gasteiger partial charge in [-0.25, -0.2) is 9.50 Å². The van der Waals surface area contributed by atoms with Crippen molar-refractivity contribution < 1.29 is 0 Å². The summed E-state index contributed by atoms with van der Waals surface area (Å²) in [7, 11) is 0. The van der Waals surface area contributed by atoms with Crippen molar-refractivity contribution in [1.29, 1.82) is 0 Å². The molecule has 0 aliphatic rings. The second kappa shape index (κ2) is 3.14. The molecule has 68 valence electrons. The van der Waals surface area contributed by atoms with Crippen molar-refractivity contribution in [3.63, 3.8) is 0 Å². The molecule has 0 amide bonds. The molecular formula is C9H12N4. The first-order chi connectivity index (χ1) is 6.35. The van der Waals surface area contributed by atoms with E-state index in [1.54, 1.807) is 10.7 Å². The molecule has 13 heavy (non-hydrogen) atoms. The first-order valence-corrected chi connectivity index (χ1v) is 4.36. The summed E-state index contributed by atoms with van der Waals surface area (Å²) < 4.78 is 1.78. The van der Waals surface area contributed by atoms with E-state index in [-0.39, 0.29) is 0 Å². The molecule has 0 atom stereocenters. The van der Waals surface area contributed by atoms with Crippen LogP contribution in [0, 0.1) is 0 Å². The maximum absolute atomic E-state index is 5.50. The van der Waals surface area contributed by atoms with Gasteiger partial charge in [0, 0.05) is 30.1 Å². The van der Waals surface area contributed by atoms with Crippen LogP contribution in [0.5, 0.6) is 0 Å². The number of hydrogen-bond acceptors (Lipinski definition) is 3. The Labute approximate surface area is 76.4 Å². The monoisotopic (exact) mass is 176 g/mol. The number of aromatic nitrogens is 3. The lowest BCUT2D eigenvalue weighted by Crippen LogP contribution is -2.00. The molecule has 0 spiro atoms. The summed E-state index contributed by atoms with van der Waals surface area (Å²) in [5, 5.41) is 4.20. The highest BCUT2D eigenvalue weighted by molar-refractivity contribution is 5.46. The Hall–Kier alpha value is -1.42. The fraction of sp³-hybridized carbons (Fsp3) is 0.333. The van der Waals surface area contributed by atoms with Crippen LogP contribution in [-0.2, 0) is 13.0 Å². The van der Waals surface area contributed by atoms with Crippen molar-refractivity contribution in [2.24, 2.45) is 5.73 Å². The Morgan fingerprint density at radius 2 is 2.31 bits per heavy atom. The number of hydrogen-bond donors (Lipinski definition) is 1. The largest absolute Gasteiger partial charge is 0.326 e. The Bertz CT molecular complexity index is 418. The molecule has 0 fully saturated rings. The highest BCUT2D eigenvalue weighted by Gasteiger charge is 2.02. The number of nitrogens with two attached hydrogens (primary N) is 1. The van der Waals surface area contributed by atoms with Crippen LogP contribution >= 0.6 is 0 Å². The number of rotatable bonds is 2. The van der Waals surface area contributed by atoms with Gasteiger partial charge in [-0.3, -0.25) is 0 Å². The molecule has 0 aliphatic carbocycles. The van der Waals surface area contributed by atoms with E-state index in [4.69, 9.17) is 5.73 Å². The van der Waals surface area contributed by atoms with E-state index < -0.39 is 0 Å². The van der Waals surface area contributed by atoms with Gasteiger partial charge in [-0.05, 0) is 6.42 Å². The molecule has 2 aromatic heterocycles. The zero-order valence-electron chi connectivity index (χ0n) is 7.57. The highest BCUT2D eigenvalue weighted by Crippen LogP contribution is 2.08. The van der Waals surface area contributed by atoms with Gasteiger partial charge < -0.3 is 5.73 Å². The Morgan fingerprint density at radius 1 is 1.46 bits per heavy atom. The van der Waals surface area contributed by atoms with Gasteiger partial charge in [-0.1, -0.05) is 6.92 Å². The molecule has 0 unspecified atom stereocenters. The van der Waals surface area contributed by atoms with Crippen molar-refractivity contribution in [2.75, 3.05) is 0 Å². The first kappa shape index (κ1) is 8.19. The summed E-state index contributed by atoms with van der Waals surface area (Å²) in [4.78, 5) is 4.30. The fourth-order valence-electron chi connectivity index (χ4n) is 1.32. The van der Waals surface area contributed by atoms with Gasteiger partial charge in [0.25, 0.3) is 0 Å². The normalized spacial score (nSPS) is 10.9. The molecule has 2 aromatic rings. The van der Waals surface area contributed by atoms with E-state index in [1.165, 1.54) is 5.56 Å². The molecule has 4 nitrogen and oxygen atoms in total. The quantitative estimate of drug-likeness (QED) is 0.734. The van der Waals surface area contributed by atoms with E-state index >= 15 is 0 Å². The van der Waals surface area contributed by atoms with Crippen LogP contribution < -0.4 is 5.73 Å². The van der Waals surface area contributed by atoms with E-state index in [1.807, 2.05) is 12.4 Å². The van der Waals surface area contributed by atoms with Crippen LogP contribution in [0.1, 0.15) is 18.1 Å². The molecule has 2 N–H and O–H groups in total. The van der Waals surface area contributed by atoms with Crippen molar-refractivity contribution in [3.05, 3.63) is 29.7 Å². The highest BCUT2D eigenvalue weighted by atomic mass is 15.2. The lowest BCUT2D eigenvalue weighted by molar-refractivity contribution is 0.902. The Balaban J connectivity index is 2.61. The summed E-state index contributed by atoms with van der Waals surface area (Å²) in [6, 6.07) is 0. The van der Waals surface area contributed by atoms with Gasteiger partial charge in [-0.2, -0.15) is 5.10 Å². The Morgan fingerprint density at radius 3 is 3.00 bits per heavy atom. The lowest BCUT2D eigenvalue weighted by atomic mass is 10.2. The summed E-state index contributed by atoms with van der Waals surface area (Å²) >= 11 is 0. The summed E-state index contributed by atoms with van der Waals surface area (Å²) in [6.07, 6.45) is 6.53. The lowest BCUT2D eigenvalue weighted by Gasteiger charge is -1.97. The van der Waals surface area contributed by atoms with Crippen LogP contribution in [0.3, 0.4) is 0 Å². The topological polar surface area (TPSA) is 56.2 Å². The van der Waals surface area contributed by atoms with Crippen LogP contribution in [0.25, 0.3) is 5.65 Å². The third-order valence-electron chi connectivity index (χ3n) is 2.10. The van der Waals surface area contributed by atoms with Gasteiger partial charge in [0.05, 0.1) is 6.20 Å². The molecule has 4 heteroatoms. The summed E-state index contributed by atoms with van der Waals surface area (Å²) in [5.74, 6) is 0. The van der Waals surface area contributed by atoms with Gasteiger partial charge in [-0.15, -0.1) is 0 Å². The van der Waals surface area contributed by atoms with Gasteiger partial charge in [0.2, 0.25) is 0 Å². The molecule has 0 aliphatic heterocycles. The zero-order chi connectivity index (χ0) is 9.26. The van der Waals surface area contributed by atoms with E-state index in [0.717, 1.165) is 17.6 Å². The maximum Gasteiger partial charge on any atom is 0.158 e. The van der Waals surface area contributed by atoms with Crippen molar-refractivity contribution in [1.82, 2.24) is 14.6 Å². The standard InChI is InChI=1S/C9H12N4/c1-2-8-5-12-13-6-7(3-10)4-11-9(8)13/h4-6H,2-3,10H2,1H3. The summed E-state index contributed by atoms with van der Waals surface area (Å²) in [5.41, 5.74) is 8.60. The Kier molecular flexibility index (Phi) is 1.98. The molecule has 0 aromatic carbocycles. The average Bonchev–Trinajstić information content (AvgIpc) is 2.59. The second-order valence-corrected chi connectivity index (χ2v) is 2.96. The SMILES string of the molecule is CCc1cnn2cc(CN)cnc12. The molecule has 0 radical (unpaired) electrons. The minimum Gasteiger partial charge on any atom is -0.326 e. The smallest absolute Gasteiger partial charge is 0.158 e. The van der Waals surface area contributed by atoms with Gasteiger partial charge in [0.1, 0.15) is 0 Å². The molecule has 2 heterocycles. The van der Waals surface area contributed by atoms with E-state index in [9.17, 15) is 0 Å². The van der Waals surface area contributed by atoms with Gasteiger partial charge in [0.15, 0.2) is 5.65 Å². The fourth-order valence-corrected chi connectivity index (χ4v) is 1.32. The minimum absolute atomic E-state index is 0.504. The third-order valence-corrected chi connectivity index (χ3v) is 2.10. The summed E-state index contributed by atoms with van der Waals surface area (Å²) in [6.45, 7) is 2.60. The first-order valence-electron chi connectivity index (χ1n) is 4.36. The van der Waals surface area contributed by atoms with Crippen molar-refractivity contribution in [3.8, 4) is 0 Å². The molecule has 0 bridgehead atoms. The predicted octanol–water partition coefficient (Wildman–Crippen LogP) is 0.750. The predicted molar refractivity (Wildman–Crippen MR) is 50.3 cm³/mol. The zero-order valence-corrected chi connectivity index (χ0v) is 7.57. The third kappa shape index (κ3) is 1.29. The molecule has 0 saturated heterocycles. The van der Waals surface area contributed by atoms with Gasteiger partial charge >= 0.3 is 0 Å². The van der Waals surface area contributed by atoms with Crippen LogP contribution in [-0.4, -0.2) is 14.6 Å². The number of nitrogens with zero attached hydrogens (tertiary/aromatic N) is 3. The molecule has 2 rings (SSSR count). The second-order valence-electron chi connectivity index (χ2n) is 2.96. The maximum atomic E-state index is 5.50. The molecule has 0 saturated carbocycles. The van der Waals surface area contributed by atoms with Crippen molar-refractivity contribution >= 4 is 5.65 Å². The minimum atomic E-state index is 0.504. The van der Waals surface area contributed by atoms with E-state index in [0.29, 0.717) is 6.54 Å². The molecular weight excluding hydrogens is 164 g/mol. The van der Waals surface area contributed by atoms with Crippen LogP contribution in [0.2, 0.25) is 0 Å². The van der Waals surface area contributed by atoms with Crippen LogP contribution in [0.15, 0.2) is 18.6 Å². The van der Waals surface area contributed by atoms with Crippen molar-refractivity contribution in [2.45, 2.75) is 19.9 Å². The number of fused-ring (bicyclic) bond motifs is 1.